The predicted octanol–water partition coefficient (Wildman–Crippen LogP) is 3.90. The molecular formula is C14H14F2O2. The van der Waals surface area contributed by atoms with Gasteiger partial charge in [-0.3, -0.25) is 0 Å². The molecule has 1 aromatic carbocycles. The first-order chi connectivity index (χ1) is 8.55. The van der Waals surface area contributed by atoms with Gasteiger partial charge >= 0.3 is 0 Å². The van der Waals surface area contributed by atoms with Gasteiger partial charge in [-0.1, -0.05) is 18.2 Å². The van der Waals surface area contributed by atoms with E-state index in [-0.39, 0.29) is 12.8 Å². The minimum absolute atomic E-state index is 0.144. The summed E-state index contributed by atoms with van der Waals surface area (Å²) in [5.74, 6) is -2.67. The minimum Gasteiger partial charge on any atom is -0.458 e. The Kier molecular flexibility index (Phi) is 2.63. The molecule has 1 N–H and O–H groups in total. The lowest BCUT2D eigenvalue weighted by atomic mass is 9.98. The van der Waals surface area contributed by atoms with Crippen LogP contribution in [0.2, 0.25) is 0 Å². The molecule has 0 bridgehead atoms. The lowest BCUT2D eigenvalue weighted by Gasteiger charge is -2.15. The van der Waals surface area contributed by atoms with Crippen molar-refractivity contribution in [2.45, 2.75) is 31.3 Å². The van der Waals surface area contributed by atoms with E-state index >= 15 is 0 Å². The molecule has 1 aromatic heterocycles. The molecule has 0 amide bonds. The van der Waals surface area contributed by atoms with Crippen LogP contribution in [0.3, 0.4) is 0 Å². The summed E-state index contributed by atoms with van der Waals surface area (Å²) >= 11 is 0. The van der Waals surface area contributed by atoms with Crippen molar-refractivity contribution in [3.63, 3.8) is 0 Å². The Hall–Kier alpha value is -1.42. The number of rotatable bonds is 2. The fourth-order valence-corrected chi connectivity index (χ4v) is 2.63. The Balaban J connectivity index is 1.86. The second-order valence-electron chi connectivity index (χ2n) is 4.99. The molecular weight excluding hydrogens is 238 g/mol. The standard InChI is InChI=1S/C14H14F2O2/c15-14(16)6-5-10(8-14)13(17)12-7-9-3-1-2-4-11(9)18-12/h1-4,7,10,13,17H,5-6,8H2. The van der Waals surface area contributed by atoms with Crippen LogP contribution in [-0.4, -0.2) is 11.0 Å². The van der Waals surface area contributed by atoms with E-state index in [0.29, 0.717) is 17.8 Å². The summed E-state index contributed by atoms with van der Waals surface area (Å²) in [5, 5.41) is 11.0. The van der Waals surface area contributed by atoms with Crippen LogP contribution in [0.15, 0.2) is 34.7 Å². The number of benzene rings is 1. The Labute approximate surface area is 103 Å². The summed E-state index contributed by atoms with van der Waals surface area (Å²) in [7, 11) is 0. The molecule has 0 radical (unpaired) electrons. The third-order valence-corrected chi connectivity index (χ3v) is 3.62. The zero-order chi connectivity index (χ0) is 12.8. The molecule has 96 valence electrons. The summed E-state index contributed by atoms with van der Waals surface area (Å²) in [6.07, 6.45) is -1.00. The van der Waals surface area contributed by atoms with Crippen molar-refractivity contribution in [3.8, 4) is 0 Å². The highest BCUT2D eigenvalue weighted by Crippen LogP contribution is 2.44. The largest absolute Gasteiger partial charge is 0.458 e. The number of alkyl halides is 2. The van der Waals surface area contributed by atoms with E-state index in [1.54, 1.807) is 12.1 Å². The average Bonchev–Trinajstić information content (AvgIpc) is 2.91. The van der Waals surface area contributed by atoms with Gasteiger partial charge in [-0.05, 0) is 24.5 Å². The summed E-state index contributed by atoms with van der Waals surface area (Å²) in [5.41, 5.74) is 0.677. The maximum atomic E-state index is 13.1. The first-order valence-corrected chi connectivity index (χ1v) is 6.09. The summed E-state index contributed by atoms with van der Waals surface area (Å²) in [6.45, 7) is 0. The minimum atomic E-state index is -2.64. The second kappa shape index (κ2) is 4.05. The van der Waals surface area contributed by atoms with Crippen molar-refractivity contribution in [1.29, 1.82) is 0 Å². The van der Waals surface area contributed by atoms with Crippen molar-refractivity contribution < 1.29 is 18.3 Å². The molecule has 1 aliphatic carbocycles. The molecule has 2 atom stereocenters. The summed E-state index contributed by atoms with van der Waals surface area (Å²) in [6, 6.07) is 9.12. The SMILES string of the molecule is OC(c1cc2ccccc2o1)C1CCC(F)(F)C1. The molecule has 2 aromatic rings. The Morgan fingerprint density at radius 2 is 2.11 bits per heavy atom. The quantitative estimate of drug-likeness (QED) is 0.879. The van der Waals surface area contributed by atoms with Gasteiger partial charge in [-0.15, -0.1) is 0 Å². The monoisotopic (exact) mass is 252 g/mol. The second-order valence-corrected chi connectivity index (χ2v) is 4.99. The third kappa shape index (κ3) is 2.01. The fraction of sp³-hybridized carbons (Fsp3) is 0.429. The van der Waals surface area contributed by atoms with Gasteiger partial charge in [-0.25, -0.2) is 8.78 Å². The van der Waals surface area contributed by atoms with Crippen LogP contribution >= 0.6 is 0 Å². The van der Waals surface area contributed by atoms with Crippen LogP contribution in [-0.2, 0) is 0 Å². The fourth-order valence-electron chi connectivity index (χ4n) is 2.63. The number of halogens is 2. The molecule has 3 rings (SSSR count). The molecule has 4 heteroatoms. The van der Waals surface area contributed by atoms with Gasteiger partial charge in [-0.2, -0.15) is 0 Å². The van der Waals surface area contributed by atoms with Crippen molar-refractivity contribution in [2.75, 3.05) is 0 Å². The molecule has 0 spiro atoms. The maximum absolute atomic E-state index is 13.1. The first-order valence-electron chi connectivity index (χ1n) is 6.09. The smallest absolute Gasteiger partial charge is 0.248 e. The number of fused-ring (bicyclic) bond motifs is 1. The van der Waals surface area contributed by atoms with Gasteiger partial charge in [0, 0.05) is 18.2 Å². The molecule has 1 heterocycles. The zero-order valence-corrected chi connectivity index (χ0v) is 9.77. The summed E-state index contributed by atoms with van der Waals surface area (Å²) in [4.78, 5) is 0. The highest BCUT2D eigenvalue weighted by molar-refractivity contribution is 5.77. The number of aliphatic hydroxyl groups is 1. The van der Waals surface area contributed by atoms with Crippen LogP contribution in [0.4, 0.5) is 8.78 Å². The molecule has 2 unspecified atom stereocenters. The van der Waals surface area contributed by atoms with E-state index in [1.807, 2.05) is 18.2 Å². The van der Waals surface area contributed by atoms with Crippen molar-refractivity contribution in [1.82, 2.24) is 0 Å². The number of hydrogen-bond donors (Lipinski definition) is 1. The van der Waals surface area contributed by atoms with Crippen molar-refractivity contribution >= 4 is 11.0 Å². The molecule has 1 fully saturated rings. The van der Waals surface area contributed by atoms with E-state index in [0.717, 1.165) is 5.39 Å². The van der Waals surface area contributed by atoms with Crippen molar-refractivity contribution in [3.05, 3.63) is 36.1 Å². The van der Waals surface area contributed by atoms with Gasteiger partial charge in [0.1, 0.15) is 17.4 Å². The van der Waals surface area contributed by atoms with Gasteiger partial charge in [0.25, 0.3) is 0 Å². The molecule has 18 heavy (non-hydrogen) atoms. The maximum Gasteiger partial charge on any atom is 0.248 e. The van der Waals surface area contributed by atoms with Crippen LogP contribution in [0.5, 0.6) is 0 Å². The Bertz CT molecular complexity index is 529. The van der Waals surface area contributed by atoms with E-state index in [1.165, 1.54) is 0 Å². The topological polar surface area (TPSA) is 33.4 Å². The lowest BCUT2D eigenvalue weighted by Crippen LogP contribution is -2.13. The van der Waals surface area contributed by atoms with Gasteiger partial charge in [0.05, 0.1) is 0 Å². The third-order valence-electron chi connectivity index (χ3n) is 3.62. The van der Waals surface area contributed by atoms with Crippen LogP contribution < -0.4 is 0 Å². The van der Waals surface area contributed by atoms with Gasteiger partial charge < -0.3 is 9.52 Å². The Morgan fingerprint density at radius 3 is 2.78 bits per heavy atom. The number of para-hydroxylation sites is 1. The normalized spacial score (nSPS) is 24.5. The highest BCUT2D eigenvalue weighted by atomic mass is 19.3. The zero-order valence-electron chi connectivity index (χ0n) is 9.77. The predicted molar refractivity (Wildman–Crippen MR) is 63.5 cm³/mol. The number of furan rings is 1. The highest BCUT2D eigenvalue weighted by Gasteiger charge is 2.43. The molecule has 0 aliphatic heterocycles. The summed E-state index contributed by atoms with van der Waals surface area (Å²) < 4.78 is 31.8. The Morgan fingerprint density at radius 1 is 1.33 bits per heavy atom. The van der Waals surface area contributed by atoms with Gasteiger partial charge in [0.15, 0.2) is 0 Å². The molecule has 0 saturated heterocycles. The molecule has 1 aliphatic rings. The molecule has 1 saturated carbocycles. The lowest BCUT2D eigenvalue weighted by molar-refractivity contribution is -0.00712. The average molecular weight is 252 g/mol. The van der Waals surface area contributed by atoms with Crippen molar-refractivity contribution in [2.24, 2.45) is 5.92 Å². The van der Waals surface area contributed by atoms with Crippen LogP contribution in [0.1, 0.15) is 31.1 Å². The first kappa shape index (κ1) is 11.7. The van der Waals surface area contributed by atoms with Gasteiger partial charge in [0.2, 0.25) is 5.92 Å². The van der Waals surface area contributed by atoms with Crippen LogP contribution in [0.25, 0.3) is 11.0 Å². The molecule has 2 nitrogen and oxygen atoms in total. The van der Waals surface area contributed by atoms with E-state index in [9.17, 15) is 13.9 Å². The van der Waals surface area contributed by atoms with E-state index < -0.39 is 17.9 Å². The number of hydrogen-bond acceptors (Lipinski definition) is 2. The van der Waals surface area contributed by atoms with E-state index in [2.05, 4.69) is 0 Å². The number of aliphatic hydroxyl groups excluding tert-OH is 1. The van der Waals surface area contributed by atoms with E-state index in [4.69, 9.17) is 4.42 Å². The van der Waals surface area contributed by atoms with Crippen LogP contribution in [0, 0.1) is 5.92 Å².